The van der Waals surface area contributed by atoms with Crippen LogP contribution in [-0.4, -0.2) is 38.5 Å². The molecule has 0 fully saturated rings. The Morgan fingerprint density at radius 3 is 2.32 bits per heavy atom. The minimum Gasteiger partial charge on any atom is -0.493 e. The molecule has 1 aliphatic heterocycles. The van der Waals surface area contributed by atoms with E-state index in [4.69, 9.17) is 35.3 Å². The van der Waals surface area contributed by atoms with E-state index in [9.17, 15) is 9.59 Å². The lowest BCUT2D eigenvalue weighted by Gasteiger charge is -2.25. The van der Waals surface area contributed by atoms with Crippen LogP contribution >= 0.6 is 22.9 Å². The smallest absolute Gasteiger partial charge is 0.338 e. The molecule has 3 aromatic carbocycles. The number of aromatic nitrogens is 1. The van der Waals surface area contributed by atoms with Gasteiger partial charge in [-0.15, -0.1) is 0 Å². The summed E-state index contributed by atoms with van der Waals surface area (Å²) in [5.41, 5.74) is 2.79. The minimum absolute atomic E-state index is 0.180. The Morgan fingerprint density at radius 1 is 0.955 bits per heavy atom. The topological polar surface area (TPSA) is 97.6 Å². The van der Waals surface area contributed by atoms with Crippen LogP contribution in [0.1, 0.15) is 36.6 Å². The molecule has 5 rings (SSSR count). The number of halogens is 1. The summed E-state index contributed by atoms with van der Waals surface area (Å²) in [6.45, 7) is 3.99. The van der Waals surface area contributed by atoms with E-state index < -0.39 is 12.0 Å². The number of benzene rings is 3. The first-order chi connectivity index (χ1) is 21.3. The maximum Gasteiger partial charge on any atom is 0.338 e. The van der Waals surface area contributed by atoms with Crippen molar-refractivity contribution in [3.8, 4) is 23.0 Å². The molecule has 1 aliphatic rings. The summed E-state index contributed by atoms with van der Waals surface area (Å²) >= 11 is 7.22. The molecule has 9 nitrogen and oxygen atoms in total. The standard InChI is InChI=1S/C33H31ClN2O7S/c1-6-42-32(38)29-19(2)35-33-36(30(29)22-10-14-24(39-3)27(17-22)41-5)31(37)28(44-33)16-21-9-13-25(26(15-21)40-4)43-18-20-7-11-23(34)12-8-20/h7-17,30H,6,18H2,1-5H3/b28-16-. The number of methoxy groups -OCH3 is 3. The van der Waals surface area contributed by atoms with Crippen LogP contribution in [0.15, 0.2) is 81.7 Å². The highest BCUT2D eigenvalue weighted by Gasteiger charge is 2.34. The van der Waals surface area contributed by atoms with Crippen molar-refractivity contribution in [2.75, 3.05) is 27.9 Å². The fourth-order valence-corrected chi connectivity index (χ4v) is 6.09. The van der Waals surface area contributed by atoms with Crippen LogP contribution in [-0.2, 0) is 16.1 Å². The molecule has 11 heteroatoms. The molecule has 44 heavy (non-hydrogen) atoms. The number of esters is 1. The second-order valence-corrected chi connectivity index (χ2v) is 11.2. The van der Waals surface area contributed by atoms with Gasteiger partial charge in [-0.25, -0.2) is 9.79 Å². The second kappa shape index (κ2) is 13.4. The van der Waals surface area contributed by atoms with E-state index >= 15 is 0 Å². The maximum absolute atomic E-state index is 14.0. The van der Waals surface area contributed by atoms with E-state index in [0.29, 0.717) is 55.2 Å². The minimum atomic E-state index is -0.787. The fourth-order valence-electron chi connectivity index (χ4n) is 4.92. The number of carbonyl (C=O) groups is 1. The zero-order chi connectivity index (χ0) is 31.4. The Labute approximate surface area is 263 Å². The van der Waals surface area contributed by atoms with E-state index in [1.807, 2.05) is 30.3 Å². The van der Waals surface area contributed by atoms with Gasteiger partial charge in [0.05, 0.1) is 49.8 Å². The quantitative estimate of drug-likeness (QED) is 0.225. The van der Waals surface area contributed by atoms with E-state index in [0.717, 1.165) is 11.1 Å². The average Bonchev–Trinajstić information content (AvgIpc) is 3.33. The molecule has 1 unspecified atom stereocenters. The van der Waals surface area contributed by atoms with Crippen molar-refractivity contribution >= 4 is 35.0 Å². The molecule has 2 heterocycles. The zero-order valence-corrected chi connectivity index (χ0v) is 26.5. The Bertz CT molecular complexity index is 1910. The maximum atomic E-state index is 14.0. The number of allylic oxidation sites excluding steroid dienone is 1. The number of hydrogen-bond donors (Lipinski definition) is 0. The van der Waals surface area contributed by atoms with Gasteiger partial charge in [-0.1, -0.05) is 47.2 Å². The largest absolute Gasteiger partial charge is 0.493 e. The highest BCUT2D eigenvalue weighted by molar-refractivity contribution is 7.07. The second-order valence-electron chi connectivity index (χ2n) is 9.74. The molecule has 0 saturated carbocycles. The molecule has 0 bridgehead atoms. The van der Waals surface area contributed by atoms with Gasteiger partial charge in [0.15, 0.2) is 27.8 Å². The summed E-state index contributed by atoms with van der Waals surface area (Å²) in [7, 11) is 4.63. The first-order valence-corrected chi connectivity index (χ1v) is 14.9. The average molecular weight is 635 g/mol. The number of fused-ring (bicyclic) bond motifs is 1. The number of rotatable bonds is 10. The molecule has 1 atom stereocenters. The Balaban J connectivity index is 1.56. The number of thiazole rings is 1. The van der Waals surface area contributed by atoms with Crippen LogP contribution in [0.4, 0.5) is 0 Å². The highest BCUT2D eigenvalue weighted by Crippen LogP contribution is 2.36. The Morgan fingerprint density at radius 2 is 1.64 bits per heavy atom. The van der Waals surface area contributed by atoms with Gasteiger partial charge in [-0.3, -0.25) is 9.36 Å². The third-order valence-corrected chi connectivity index (χ3v) is 8.27. The first kappa shape index (κ1) is 30.9. The van der Waals surface area contributed by atoms with Crippen LogP contribution in [0.2, 0.25) is 5.02 Å². The lowest BCUT2D eigenvalue weighted by atomic mass is 9.95. The molecular formula is C33H31ClN2O7S. The van der Waals surface area contributed by atoms with Crippen LogP contribution in [0, 0.1) is 0 Å². The SMILES string of the molecule is CCOC(=O)C1=C(C)N=c2s/c(=C\c3ccc(OCc4ccc(Cl)cc4)c(OC)c3)c(=O)n2C1c1ccc(OC)c(OC)c1. The number of nitrogens with zero attached hydrogens (tertiary/aromatic N) is 2. The molecule has 0 aliphatic carbocycles. The van der Waals surface area contributed by atoms with Gasteiger partial charge in [0, 0.05) is 5.02 Å². The summed E-state index contributed by atoms with van der Waals surface area (Å²) in [6, 6.07) is 17.4. The van der Waals surface area contributed by atoms with Gasteiger partial charge < -0.3 is 23.7 Å². The predicted octanol–water partition coefficient (Wildman–Crippen LogP) is 5.06. The molecule has 4 aromatic rings. The predicted molar refractivity (Wildman–Crippen MR) is 169 cm³/mol. The molecule has 0 N–H and O–H groups in total. The molecule has 0 saturated heterocycles. The molecule has 228 valence electrons. The Kier molecular flexibility index (Phi) is 9.41. The van der Waals surface area contributed by atoms with Gasteiger partial charge in [-0.05, 0) is 73.0 Å². The van der Waals surface area contributed by atoms with Crippen molar-refractivity contribution in [1.82, 2.24) is 4.57 Å². The number of ether oxygens (including phenoxy) is 5. The molecule has 0 radical (unpaired) electrons. The van der Waals surface area contributed by atoms with Gasteiger partial charge >= 0.3 is 5.97 Å². The lowest BCUT2D eigenvalue weighted by molar-refractivity contribution is -0.139. The molecule has 0 amide bonds. The van der Waals surface area contributed by atoms with Gasteiger partial charge in [0.2, 0.25) is 0 Å². The Hall–Kier alpha value is -4.54. The molecular weight excluding hydrogens is 604 g/mol. The summed E-state index contributed by atoms with van der Waals surface area (Å²) in [4.78, 5) is 32.3. The van der Waals surface area contributed by atoms with Crippen molar-refractivity contribution in [1.29, 1.82) is 0 Å². The van der Waals surface area contributed by atoms with E-state index in [1.165, 1.54) is 23.0 Å². The van der Waals surface area contributed by atoms with Crippen molar-refractivity contribution in [3.05, 3.63) is 113 Å². The van der Waals surface area contributed by atoms with E-state index in [-0.39, 0.29) is 17.7 Å². The van der Waals surface area contributed by atoms with Crippen molar-refractivity contribution in [3.63, 3.8) is 0 Å². The van der Waals surface area contributed by atoms with Crippen LogP contribution < -0.4 is 33.8 Å². The third-order valence-electron chi connectivity index (χ3n) is 7.03. The van der Waals surface area contributed by atoms with Crippen molar-refractivity contribution in [2.24, 2.45) is 4.99 Å². The van der Waals surface area contributed by atoms with E-state index in [2.05, 4.69) is 4.99 Å². The molecule has 1 aromatic heterocycles. The van der Waals surface area contributed by atoms with Gasteiger partial charge in [-0.2, -0.15) is 0 Å². The molecule has 0 spiro atoms. The zero-order valence-electron chi connectivity index (χ0n) is 24.9. The number of carbonyl (C=O) groups excluding carboxylic acids is 1. The third kappa shape index (κ3) is 6.22. The number of hydrogen-bond acceptors (Lipinski definition) is 9. The monoisotopic (exact) mass is 634 g/mol. The normalized spacial score (nSPS) is 14.5. The van der Waals surface area contributed by atoms with Crippen LogP contribution in [0.25, 0.3) is 6.08 Å². The van der Waals surface area contributed by atoms with Crippen LogP contribution in [0.5, 0.6) is 23.0 Å². The van der Waals surface area contributed by atoms with Crippen molar-refractivity contribution in [2.45, 2.75) is 26.5 Å². The lowest BCUT2D eigenvalue weighted by Crippen LogP contribution is -2.39. The summed E-state index contributed by atoms with van der Waals surface area (Å²) in [5, 5.41) is 0.656. The summed E-state index contributed by atoms with van der Waals surface area (Å²) in [5.74, 6) is 1.53. The van der Waals surface area contributed by atoms with Crippen LogP contribution in [0.3, 0.4) is 0 Å². The van der Waals surface area contributed by atoms with Crippen molar-refractivity contribution < 1.29 is 28.5 Å². The summed E-state index contributed by atoms with van der Waals surface area (Å²) in [6.07, 6.45) is 1.77. The van der Waals surface area contributed by atoms with E-state index in [1.54, 1.807) is 64.5 Å². The highest BCUT2D eigenvalue weighted by atomic mass is 35.5. The summed E-state index contributed by atoms with van der Waals surface area (Å²) < 4.78 is 29.8. The fraction of sp³-hybridized carbons (Fsp3) is 0.242. The van der Waals surface area contributed by atoms with Gasteiger partial charge in [0.1, 0.15) is 6.61 Å². The van der Waals surface area contributed by atoms with Gasteiger partial charge in [0.25, 0.3) is 5.56 Å². The first-order valence-electron chi connectivity index (χ1n) is 13.7.